The highest BCUT2D eigenvalue weighted by Crippen LogP contribution is 2.28. The summed E-state index contributed by atoms with van der Waals surface area (Å²) in [5.74, 6) is 2.75. The minimum Gasteiger partial charge on any atom is -0.317 e. The topological polar surface area (TPSA) is 15.3 Å². The van der Waals surface area contributed by atoms with E-state index in [1.54, 1.807) is 0 Å². The van der Waals surface area contributed by atoms with Crippen LogP contribution in [-0.4, -0.2) is 37.6 Å². The third-order valence-corrected chi connectivity index (χ3v) is 5.60. The van der Waals surface area contributed by atoms with Gasteiger partial charge in [0.25, 0.3) is 0 Å². The van der Waals surface area contributed by atoms with Crippen LogP contribution in [-0.2, 0) is 0 Å². The Morgan fingerprint density at radius 2 is 1.68 bits per heavy atom. The fourth-order valence-corrected chi connectivity index (χ4v) is 4.12. The van der Waals surface area contributed by atoms with Gasteiger partial charge in [-0.1, -0.05) is 33.1 Å². The van der Waals surface area contributed by atoms with E-state index in [4.69, 9.17) is 0 Å². The van der Waals surface area contributed by atoms with Gasteiger partial charge in [0.05, 0.1) is 0 Å². The number of hydrogen-bond acceptors (Lipinski definition) is 2. The Balaban J connectivity index is 1.80. The second-order valence-corrected chi connectivity index (χ2v) is 7.18. The first-order chi connectivity index (χ1) is 9.20. The first kappa shape index (κ1) is 15.3. The largest absolute Gasteiger partial charge is 0.317 e. The molecule has 0 radical (unpaired) electrons. The Labute approximate surface area is 120 Å². The number of nitrogens with one attached hydrogen (secondary N) is 1. The first-order valence-corrected chi connectivity index (χ1v) is 8.60. The summed E-state index contributed by atoms with van der Waals surface area (Å²) < 4.78 is 0. The minimum atomic E-state index is 0.769. The number of nitrogens with zero attached hydrogens (tertiary/aromatic N) is 1. The van der Waals surface area contributed by atoms with Crippen molar-refractivity contribution in [1.29, 1.82) is 0 Å². The van der Waals surface area contributed by atoms with Gasteiger partial charge in [0, 0.05) is 12.6 Å². The third kappa shape index (κ3) is 4.46. The van der Waals surface area contributed by atoms with Crippen LogP contribution < -0.4 is 5.32 Å². The monoisotopic (exact) mass is 266 g/mol. The van der Waals surface area contributed by atoms with E-state index in [1.165, 1.54) is 64.6 Å². The van der Waals surface area contributed by atoms with Crippen LogP contribution in [0, 0.1) is 17.8 Å². The fraction of sp³-hybridized carbons (Fsp3) is 1.00. The third-order valence-electron chi connectivity index (χ3n) is 5.60. The molecular weight excluding hydrogens is 232 g/mol. The Morgan fingerprint density at radius 1 is 1.00 bits per heavy atom. The molecular formula is C17H34N2. The van der Waals surface area contributed by atoms with Gasteiger partial charge in [-0.2, -0.15) is 0 Å². The predicted octanol–water partition coefficient (Wildman–Crippen LogP) is 3.52. The highest BCUT2D eigenvalue weighted by molar-refractivity contribution is 4.83. The predicted molar refractivity (Wildman–Crippen MR) is 83.4 cm³/mol. The standard InChI is InChI=1S/C17H34N2/c1-14(2)15-9-11-19(12-10-15)13-16-7-5-4-6-8-17(16)18-3/h14-18H,4-13H2,1-3H3. The van der Waals surface area contributed by atoms with Crippen molar-refractivity contribution in [2.24, 2.45) is 17.8 Å². The van der Waals surface area contributed by atoms with Gasteiger partial charge in [-0.3, -0.25) is 0 Å². The lowest BCUT2D eigenvalue weighted by Crippen LogP contribution is -2.43. The molecule has 0 aromatic carbocycles. The summed E-state index contributed by atoms with van der Waals surface area (Å²) in [6.45, 7) is 8.81. The van der Waals surface area contributed by atoms with E-state index in [2.05, 4.69) is 31.1 Å². The average Bonchev–Trinajstić information content (AvgIpc) is 2.64. The van der Waals surface area contributed by atoms with E-state index >= 15 is 0 Å². The highest BCUT2D eigenvalue weighted by Gasteiger charge is 2.27. The zero-order valence-electron chi connectivity index (χ0n) is 13.3. The quantitative estimate of drug-likeness (QED) is 0.783. The van der Waals surface area contributed by atoms with Gasteiger partial charge < -0.3 is 10.2 Å². The molecule has 0 aromatic heterocycles. The molecule has 1 heterocycles. The maximum atomic E-state index is 3.58. The molecule has 0 amide bonds. The smallest absolute Gasteiger partial charge is 0.0104 e. The van der Waals surface area contributed by atoms with E-state index in [1.807, 2.05) is 0 Å². The summed E-state index contributed by atoms with van der Waals surface area (Å²) in [6.07, 6.45) is 10.0. The van der Waals surface area contributed by atoms with Crippen molar-refractivity contribution in [3.05, 3.63) is 0 Å². The van der Waals surface area contributed by atoms with Crippen molar-refractivity contribution < 1.29 is 0 Å². The minimum absolute atomic E-state index is 0.769. The summed E-state index contributed by atoms with van der Waals surface area (Å²) >= 11 is 0. The van der Waals surface area contributed by atoms with Crippen LogP contribution in [0.1, 0.15) is 58.8 Å². The van der Waals surface area contributed by atoms with Crippen LogP contribution in [0.4, 0.5) is 0 Å². The molecule has 1 saturated carbocycles. The highest BCUT2D eigenvalue weighted by atomic mass is 15.1. The number of rotatable bonds is 4. The number of likely N-dealkylation sites (tertiary alicyclic amines) is 1. The average molecular weight is 266 g/mol. The molecule has 2 aliphatic rings. The zero-order valence-corrected chi connectivity index (χ0v) is 13.3. The molecule has 0 aromatic rings. The van der Waals surface area contributed by atoms with Gasteiger partial charge in [0.15, 0.2) is 0 Å². The van der Waals surface area contributed by atoms with Crippen LogP contribution >= 0.6 is 0 Å². The fourth-order valence-electron chi connectivity index (χ4n) is 4.12. The lowest BCUT2D eigenvalue weighted by Gasteiger charge is -2.37. The van der Waals surface area contributed by atoms with Crippen LogP contribution in [0.15, 0.2) is 0 Å². The van der Waals surface area contributed by atoms with Gasteiger partial charge in [-0.05, 0) is 63.6 Å². The summed E-state index contributed by atoms with van der Waals surface area (Å²) in [7, 11) is 2.16. The van der Waals surface area contributed by atoms with E-state index in [0.717, 1.165) is 23.8 Å². The molecule has 1 aliphatic heterocycles. The molecule has 2 heteroatoms. The molecule has 1 saturated heterocycles. The lowest BCUT2D eigenvalue weighted by atomic mass is 9.86. The lowest BCUT2D eigenvalue weighted by molar-refractivity contribution is 0.126. The van der Waals surface area contributed by atoms with Crippen LogP contribution in [0.25, 0.3) is 0 Å². The van der Waals surface area contributed by atoms with Crippen LogP contribution in [0.3, 0.4) is 0 Å². The molecule has 2 unspecified atom stereocenters. The molecule has 2 nitrogen and oxygen atoms in total. The summed E-state index contributed by atoms with van der Waals surface area (Å²) in [5.41, 5.74) is 0. The van der Waals surface area contributed by atoms with Gasteiger partial charge in [-0.15, -0.1) is 0 Å². The van der Waals surface area contributed by atoms with E-state index in [-0.39, 0.29) is 0 Å². The van der Waals surface area contributed by atoms with E-state index < -0.39 is 0 Å². The molecule has 112 valence electrons. The molecule has 0 spiro atoms. The molecule has 2 rings (SSSR count). The van der Waals surface area contributed by atoms with Gasteiger partial charge in [0.1, 0.15) is 0 Å². The van der Waals surface area contributed by atoms with Gasteiger partial charge >= 0.3 is 0 Å². The van der Waals surface area contributed by atoms with Crippen molar-refractivity contribution in [1.82, 2.24) is 10.2 Å². The van der Waals surface area contributed by atoms with Crippen molar-refractivity contribution in [3.63, 3.8) is 0 Å². The maximum Gasteiger partial charge on any atom is 0.0104 e. The second kappa shape index (κ2) is 7.64. The second-order valence-electron chi connectivity index (χ2n) is 7.18. The van der Waals surface area contributed by atoms with Crippen molar-refractivity contribution in [2.75, 3.05) is 26.7 Å². The molecule has 1 aliphatic carbocycles. The van der Waals surface area contributed by atoms with E-state index in [9.17, 15) is 0 Å². The first-order valence-electron chi connectivity index (χ1n) is 8.60. The zero-order chi connectivity index (χ0) is 13.7. The van der Waals surface area contributed by atoms with Gasteiger partial charge in [-0.25, -0.2) is 0 Å². The Kier molecular flexibility index (Phi) is 6.15. The summed E-state index contributed by atoms with van der Waals surface area (Å²) in [6, 6.07) is 0.769. The number of hydrogen-bond donors (Lipinski definition) is 1. The van der Waals surface area contributed by atoms with E-state index in [0.29, 0.717) is 0 Å². The van der Waals surface area contributed by atoms with Crippen LogP contribution in [0.5, 0.6) is 0 Å². The molecule has 0 bridgehead atoms. The van der Waals surface area contributed by atoms with Crippen molar-refractivity contribution >= 4 is 0 Å². The molecule has 19 heavy (non-hydrogen) atoms. The van der Waals surface area contributed by atoms with Gasteiger partial charge in [0.2, 0.25) is 0 Å². The normalized spacial score (nSPS) is 31.6. The molecule has 1 N–H and O–H groups in total. The maximum absolute atomic E-state index is 3.58. The Bertz CT molecular complexity index is 244. The van der Waals surface area contributed by atoms with Crippen LogP contribution in [0.2, 0.25) is 0 Å². The van der Waals surface area contributed by atoms with Crippen molar-refractivity contribution in [3.8, 4) is 0 Å². The Hall–Kier alpha value is -0.0800. The molecule has 2 atom stereocenters. The van der Waals surface area contributed by atoms with Crippen molar-refractivity contribution in [2.45, 2.75) is 64.8 Å². The Morgan fingerprint density at radius 3 is 2.32 bits per heavy atom. The number of piperidine rings is 1. The SMILES string of the molecule is CNC1CCCCCC1CN1CCC(C(C)C)CC1. The summed E-state index contributed by atoms with van der Waals surface area (Å²) in [5, 5.41) is 3.58. The summed E-state index contributed by atoms with van der Waals surface area (Å²) in [4.78, 5) is 2.75. The molecule has 2 fully saturated rings.